The minimum absolute atomic E-state index is 0.287. The van der Waals surface area contributed by atoms with Crippen molar-refractivity contribution in [3.63, 3.8) is 0 Å². The van der Waals surface area contributed by atoms with Crippen molar-refractivity contribution in [2.45, 2.75) is 58.7 Å². The molecule has 148 valence electrons. The highest BCUT2D eigenvalue weighted by Crippen LogP contribution is 2.18. The van der Waals surface area contributed by atoms with Gasteiger partial charge in [0.15, 0.2) is 11.8 Å². The van der Waals surface area contributed by atoms with E-state index in [-0.39, 0.29) is 6.04 Å². The molecule has 27 heavy (non-hydrogen) atoms. The summed E-state index contributed by atoms with van der Waals surface area (Å²) in [6.07, 6.45) is 3.82. The van der Waals surface area contributed by atoms with E-state index in [2.05, 4.69) is 39.6 Å². The quantitative estimate of drug-likeness (QED) is 0.549. The molecule has 0 bridgehead atoms. The number of guanidine groups is 1. The number of hydrogen-bond donors (Lipinski definition) is 2. The normalized spacial score (nSPS) is 17.0. The number of rotatable bonds is 7. The van der Waals surface area contributed by atoms with E-state index in [1.807, 2.05) is 4.68 Å². The monoisotopic (exact) mass is 391 g/mol. The second-order valence-electron chi connectivity index (χ2n) is 6.65. The fourth-order valence-corrected chi connectivity index (χ4v) is 4.29. The molecule has 0 spiro atoms. The van der Waals surface area contributed by atoms with Gasteiger partial charge in [-0.25, -0.2) is 14.6 Å². The lowest BCUT2D eigenvalue weighted by atomic mass is 10.1. The Bertz CT molecular complexity index is 783. The predicted molar refractivity (Wildman–Crippen MR) is 107 cm³/mol. The Kier molecular flexibility index (Phi) is 6.78. The van der Waals surface area contributed by atoms with E-state index in [1.165, 1.54) is 15.6 Å². The van der Waals surface area contributed by atoms with Gasteiger partial charge in [-0.1, -0.05) is 6.92 Å². The molecule has 2 aromatic rings. The molecule has 0 aromatic carbocycles. The molecular weight excluding hydrogens is 362 g/mol. The highest BCUT2D eigenvalue weighted by atomic mass is 32.1. The summed E-state index contributed by atoms with van der Waals surface area (Å²) in [4.78, 5) is 14.9. The summed E-state index contributed by atoms with van der Waals surface area (Å²) < 4.78 is 7.10. The number of methoxy groups -OCH3 is 1. The smallest absolute Gasteiger partial charge is 0.191 e. The third kappa shape index (κ3) is 5.04. The van der Waals surface area contributed by atoms with E-state index in [4.69, 9.17) is 9.72 Å². The molecule has 0 saturated heterocycles. The van der Waals surface area contributed by atoms with Gasteiger partial charge in [-0.05, 0) is 19.8 Å². The van der Waals surface area contributed by atoms with Crippen LogP contribution in [0, 0.1) is 6.92 Å². The predicted octanol–water partition coefficient (Wildman–Crippen LogP) is 1.47. The molecule has 0 amide bonds. The summed E-state index contributed by atoms with van der Waals surface area (Å²) in [6.45, 7) is 6.36. The first-order valence-electron chi connectivity index (χ1n) is 9.46. The van der Waals surface area contributed by atoms with Crippen molar-refractivity contribution in [2.24, 2.45) is 4.99 Å². The van der Waals surface area contributed by atoms with E-state index in [0.29, 0.717) is 6.61 Å². The molecule has 1 aliphatic heterocycles. The van der Waals surface area contributed by atoms with Gasteiger partial charge < -0.3 is 15.4 Å². The van der Waals surface area contributed by atoms with Gasteiger partial charge in [-0.2, -0.15) is 5.10 Å². The zero-order valence-corrected chi connectivity index (χ0v) is 17.4. The molecule has 2 N–H and O–H groups in total. The average Bonchev–Trinajstić information content (AvgIpc) is 3.23. The summed E-state index contributed by atoms with van der Waals surface area (Å²) >= 11 is 1.79. The van der Waals surface area contributed by atoms with Gasteiger partial charge in [0, 0.05) is 44.5 Å². The van der Waals surface area contributed by atoms with E-state index >= 15 is 0 Å². The number of ether oxygens (including phenoxy) is 1. The first-order valence-corrected chi connectivity index (χ1v) is 10.3. The molecule has 0 aliphatic carbocycles. The largest absolute Gasteiger partial charge is 0.377 e. The fraction of sp³-hybridized carbons (Fsp3) is 0.667. The van der Waals surface area contributed by atoms with Crippen LogP contribution in [0.15, 0.2) is 4.99 Å². The molecular formula is C18H29N7OS. The second-order valence-corrected chi connectivity index (χ2v) is 7.94. The maximum absolute atomic E-state index is 5.12. The third-order valence-electron chi connectivity index (χ3n) is 4.64. The zero-order valence-electron chi connectivity index (χ0n) is 16.6. The summed E-state index contributed by atoms with van der Waals surface area (Å²) in [6, 6.07) is 0.287. The molecule has 2 aromatic heterocycles. The lowest BCUT2D eigenvalue weighted by molar-refractivity contribution is 0.177. The Morgan fingerprint density at radius 3 is 2.96 bits per heavy atom. The molecule has 0 fully saturated rings. The molecule has 1 atom stereocenters. The van der Waals surface area contributed by atoms with Crippen LogP contribution < -0.4 is 10.6 Å². The van der Waals surface area contributed by atoms with Crippen molar-refractivity contribution >= 4 is 17.3 Å². The van der Waals surface area contributed by atoms with Crippen molar-refractivity contribution in [3.8, 4) is 0 Å². The minimum Gasteiger partial charge on any atom is -0.377 e. The molecule has 0 saturated carbocycles. The van der Waals surface area contributed by atoms with Gasteiger partial charge in [-0.3, -0.25) is 4.99 Å². The van der Waals surface area contributed by atoms with E-state index < -0.39 is 0 Å². The molecule has 9 heteroatoms. The van der Waals surface area contributed by atoms with Crippen LogP contribution >= 0.6 is 11.3 Å². The topological polar surface area (TPSA) is 89.2 Å². The Balaban J connectivity index is 1.48. The molecule has 3 heterocycles. The van der Waals surface area contributed by atoms with Crippen LogP contribution in [0.4, 0.5) is 0 Å². The Morgan fingerprint density at radius 2 is 2.26 bits per heavy atom. The Hall–Kier alpha value is -2.00. The van der Waals surface area contributed by atoms with E-state index in [1.54, 1.807) is 25.5 Å². The van der Waals surface area contributed by atoms with Crippen LogP contribution in [-0.2, 0) is 37.2 Å². The Morgan fingerprint density at radius 1 is 1.41 bits per heavy atom. The number of aliphatic imine (C=N–C) groups is 1. The number of thiazole rings is 1. The van der Waals surface area contributed by atoms with Gasteiger partial charge in [0.05, 0.1) is 17.2 Å². The minimum atomic E-state index is 0.287. The van der Waals surface area contributed by atoms with Crippen molar-refractivity contribution in [2.75, 3.05) is 20.7 Å². The molecule has 1 unspecified atom stereocenters. The number of hydrogen-bond acceptors (Lipinski definition) is 6. The highest BCUT2D eigenvalue weighted by Gasteiger charge is 2.22. The van der Waals surface area contributed by atoms with Crippen LogP contribution in [0.3, 0.4) is 0 Å². The molecule has 0 radical (unpaired) electrons. The van der Waals surface area contributed by atoms with Crippen LogP contribution in [0.25, 0.3) is 0 Å². The maximum atomic E-state index is 5.12. The number of nitrogens with one attached hydrogen (secondary N) is 2. The Labute approximate surface area is 164 Å². The van der Waals surface area contributed by atoms with Gasteiger partial charge in [-0.15, -0.1) is 11.3 Å². The highest BCUT2D eigenvalue weighted by molar-refractivity contribution is 7.11. The number of aromatic nitrogens is 4. The summed E-state index contributed by atoms with van der Waals surface area (Å²) in [5, 5.41) is 12.6. The molecule has 8 nitrogen and oxygen atoms in total. The second kappa shape index (κ2) is 9.27. The van der Waals surface area contributed by atoms with Crippen molar-refractivity contribution in [1.29, 1.82) is 0 Å². The van der Waals surface area contributed by atoms with E-state index in [9.17, 15) is 0 Å². The summed E-state index contributed by atoms with van der Waals surface area (Å²) in [7, 11) is 3.47. The van der Waals surface area contributed by atoms with Crippen LogP contribution in [0.5, 0.6) is 0 Å². The average molecular weight is 392 g/mol. The lowest BCUT2D eigenvalue weighted by Crippen LogP contribution is -2.47. The lowest BCUT2D eigenvalue weighted by Gasteiger charge is -2.25. The van der Waals surface area contributed by atoms with Gasteiger partial charge in [0.2, 0.25) is 0 Å². The molecule has 3 rings (SSSR count). The fourth-order valence-electron chi connectivity index (χ4n) is 3.27. The van der Waals surface area contributed by atoms with Gasteiger partial charge in [0.1, 0.15) is 12.4 Å². The standard InChI is InChI=1S/C18H29N7OS/c1-5-14-12(2)27-17(22-14)8-9-20-18(19-3)21-13-6-7-16-23-15(11-26-4)24-25(16)10-13/h13H,5-11H2,1-4H3,(H2,19,20,21). The zero-order chi connectivity index (χ0) is 19.2. The summed E-state index contributed by atoms with van der Waals surface area (Å²) in [5.74, 6) is 2.61. The van der Waals surface area contributed by atoms with Crippen LogP contribution in [-0.4, -0.2) is 52.5 Å². The van der Waals surface area contributed by atoms with Crippen molar-refractivity contribution < 1.29 is 4.74 Å². The third-order valence-corrected chi connectivity index (χ3v) is 5.72. The van der Waals surface area contributed by atoms with E-state index in [0.717, 1.165) is 56.4 Å². The number of fused-ring (bicyclic) bond motifs is 1. The first-order chi connectivity index (χ1) is 13.1. The van der Waals surface area contributed by atoms with Gasteiger partial charge in [0.25, 0.3) is 0 Å². The summed E-state index contributed by atoms with van der Waals surface area (Å²) in [5.41, 5.74) is 1.22. The maximum Gasteiger partial charge on any atom is 0.191 e. The van der Waals surface area contributed by atoms with Crippen LogP contribution in [0.2, 0.25) is 0 Å². The number of nitrogens with zero attached hydrogens (tertiary/aromatic N) is 5. The number of aryl methyl sites for hydroxylation is 3. The SMILES string of the molecule is CCc1nc(CCNC(=NC)NC2CCc3nc(COC)nn3C2)sc1C. The van der Waals surface area contributed by atoms with Gasteiger partial charge >= 0.3 is 0 Å². The van der Waals surface area contributed by atoms with Crippen LogP contribution in [0.1, 0.15) is 40.6 Å². The van der Waals surface area contributed by atoms with Crippen molar-refractivity contribution in [3.05, 3.63) is 27.2 Å². The first kappa shape index (κ1) is 19.8. The van der Waals surface area contributed by atoms with Crippen molar-refractivity contribution in [1.82, 2.24) is 30.4 Å². The molecule has 1 aliphatic rings.